The summed E-state index contributed by atoms with van der Waals surface area (Å²) in [6.45, 7) is 2.05. The maximum Gasteiger partial charge on any atom is 0.254 e. The van der Waals surface area contributed by atoms with Crippen molar-refractivity contribution in [1.82, 2.24) is 9.80 Å². The Morgan fingerprint density at radius 3 is 2.29 bits per heavy atom. The van der Waals surface area contributed by atoms with Gasteiger partial charge in [-0.2, -0.15) is 0 Å². The molecule has 2 bridgehead atoms. The van der Waals surface area contributed by atoms with Gasteiger partial charge in [0, 0.05) is 30.7 Å². The molecule has 0 radical (unpaired) electrons. The third-order valence-corrected chi connectivity index (χ3v) is 3.92. The number of carbonyl (C=O) groups is 1. The Kier molecular flexibility index (Phi) is 2.63. The van der Waals surface area contributed by atoms with E-state index in [0.29, 0.717) is 12.1 Å². The molecule has 90 valence electrons. The molecule has 3 heteroatoms. The van der Waals surface area contributed by atoms with Gasteiger partial charge in [-0.1, -0.05) is 18.2 Å². The highest BCUT2D eigenvalue weighted by molar-refractivity contribution is 5.94. The molecule has 17 heavy (non-hydrogen) atoms. The Morgan fingerprint density at radius 1 is 1.12 bits per heavy atom. The van der Waals surface area contributed by atoms with Crippen molar-refractivity contribution in [2.75, 3.05) is 20.1 Å². The number of fused-ring (bicyclic) bond motifs is 2. The number of piperazine rings is 1. The first-order chi connectivity index (χ1) is 8.25. The Morgan fingerprint density at radius 2 is 1.71 bits per heavy atom. The number of nitrogens with zero attached hydrogens (tertiary/aromatic N) is 2. The summed E-state index contributed by atoms with van der Waals surface area (Å²) in [5, 5.41) is 0. The second kappa shape index (κ2) is 4.15. The number of benzene rings is 1. The van der Waals surface area contributed by atoms with E-state index in [0.717, 1.165) is 31.5 Å². The minimum absolute atomic E-state index is 0.214. The molecule has 1 aromatic rings. The van der Waals surface area contributed by atoms with Crippen LogP contribution in [0.1, 0.15) is 23.2 Å². The summed E-state index contributed by atoms with van der Waals surface area (Å²) in [5.74, 6) is 0.214. The van der Waals surface area contributed by atoms with Crippen LogP contribution in [-0.2, 0) is 0 Å². The molecular weight excluding hydrogens is 212 g/mol. The molecule has 1 aromatic carbocycles. The lowest BCUT2D eigenvalue weighted by Crippen LogP contribution is -2.54. The second-order valence-corrected chi connectivity index (χ2v) is 5.18. The molecule has 0 spiro atoms. The smallest absolute Gasteiger partial charge is 0.254 e. The molecule has 2 fully saturated rings. The van der Waals surface area contributed by atoms with E-state index in [2.05, 4.69) is 16.8 Å². The highest BCUT2D eigenvalue weighted by Gasteiger charge is 2.41. The van der Waals surface area contributed by atoms with Crippen LogP contribution in [0.25, 0.3) is 0 Å². The van der Waals surface area contributed by atoms with Crippen LogP contribution in [0.3, 0.4) is 0 Å². The van der Waals surface area contributed by atoms with Crippen molar-refractivity contribution in [2.24, 2.45) is 0 Å². The summed E-state index contributed by atoms with van der Waals surface area (Å²) in [7, 11) is 2.15. The third kappa shape index (κ3) is 1.84. The average molecular weight is 230 g/mol. The Balaban J connectivity index is 1.84. The van der Waals surface area contributed by atoms with Gasteiger partial charge in [-0.25, -0.2) is 0 Å². The highest BCUT2D eigenvalue weighted by atomic mass is 16.2. The Bertz CT molecular complexity index is 403. The van der Waals surface area contributed by atoms with Crippen LogP contribution in [-0.4, -0.2) is 47.9 Å². The molecule has 2 heterocycles. The van der Waals surface area contributed by atoms with Crippen molar-refractivity contribution in [1.29, 1.82) is 0 Å². The van der Waals surface area contributed by atoms with E-state index < -0.39 is 0 Å². The van der Waals surface area contributed by atoms with Crippen molar-refractivity contribution in [3.63, 3.8) is 0 Å². The highest BCUT2D eigenvalue weighted by Crippen LogP contribution is 2.30. The molecule has 3 nitrogen and oxygen atoms in total. The van der Waals surface area contributed by atoms with E-state index in [9.17, 15) is 4.79 Å². The third-order valence-electron chi connectivity index (χ3n) is 3.92. The zero-order valence-electron chi connectivity index (χ0n) is 10.2. The van der Waals surface area contributed by atoms with Gasteiger partial charge in [-0.3, -0.25) is 4.79 Å². The van der Waals surface area contributed by atoms with Gasteiger partial charge in [0.25, 0.3) is 5.91 Å². The zero-order valence-corrected chi connectivity index (χ0v) is 10.2. The monoisotopic (exact) mass is 230 g/mol. The molecule has 1 amide bonds. The van der Waals surface area contributed by atoms with E-state index in [-0.39, 0.29) is 5.91 Å². The zero-order chi connectivity index (χ0) is 11.8. The van der Waals surface area contributed by atoms with E-state index in [4.69, 9.17) is 0 Å². The normalized spacial score (nSPS) is 28.4. The van der Waals surface area contributed by atoms with Crippen LogP contribution in [0.15, 0.2) is 30.3 Å². The molecule has 0 saturated carbocycles. The first-order valence-corrected chi connectivity index (χ1v) is 6.32. The Labute approximate surface area is 102 Å². The first-order valence-electron chi connectivity index (χ1n) is 6.32. The molecular formula is C14H18N2O. The standard InChI is InChI=1S/C14H18N2O/c1-15-9-12-7-8-13(10-15)16(12)14(17)11-5-3-2-4-6-11/h2-6,12-13H,7-10H2,1H3/t12-,13+. The van der Waals surface area contributed by atoms with Crippen LogP contribution in [0.5, 0.6) is 0 Å². The van der Waals surface area contributed by atoms with Gasteiger partial charge >= 0.3 is 0 Å². The number of likely N-dealkylation sites (N-methyl/N-ethyl adjacent to an activating group) is 1. The minimum Gasteiger partial charge on any atom is -0.330 e. The number of hydrogen-bond acceptors (Lipinski definition) is 2. The van der Waals surface area contributed by atoms with Crippen LogP contribution in [0, 0.1) is 0 Å². The van der Waals surface area contributed by atoms with Crippen molar-refractivity contribution in [2.45, 2.75) is 24.9 Å². The Hall–Kier alpha value is -1.35. The fourth-order valence-electron chi connectivity index (χ4n) is 3.18. The van der Waals surface area contributed by atoms with Crippen LogP contribution in [0.4, 0.5) is 0 Å². The first kappa shape index (κ1) is 10.8. The van der Waals surface area contributed by atoms with Crippen molar-refractivity contribution in [3.8, 4) is 0 Å². The van der Waals surface area contributed by atoms with Crippen LogP contribution in [0.2, 0.25) is 0 Å². The average Bonchev–Trinajstić information content (AvgIpc) is 2.62. The van der Waals surface area contributed by atoms with E-state index in [1.54, 1.807) is 0 Å². The SMILES string of the molecule is CN1C[C@H]2CC[C@@H](C1)N2C(=O)c1ccccc1. The molecule has 0 unspecified atom stereocenters. The van der Waals surface area contributed by atoms with Crippen molar-refractivity contribution < 1.29 is 4.79 Å². The molecule has 0 N–H and O–H groups in total. The summed E-state index contributed by atoms with van der Waals surface area (Å²) < 4.78 is 0. The lowest BCUT2D eigenvalue weighted by Gasteiger charge is -2.39. The molecule has 2 saturated heterocycles. The van der Waals surface area contributed by atoms with Gasteiger partial charge in [0.2, 0.25) is 0 Å². The van der Waals surface area contributed by atoms with Gasteiger partial charge in [0.15, 0.2) is 0 Å². The van der Waals surface area contributed by atoms with Crippen LogP contribution < -0.4 is 0 Å². The fraction of sp³-hybridized carbons (Fsp3) is 0.500. The number of amides is 1. The van der Waals surface area contributed by atoms with Gasteiger partial charge in [-0.05, 0) is 32.0 Å². The second-order valence-electron chi connectivity index (χ2n) is 5.18. The summed E-state index contributed by atoms with van der Waals surface area (Å²) in [5.41, 5.74) is 0.828. The topological polar surface area (TPSA) is 23.6 Å². The van der Waals surface area contributed by atoms with E-state index in [1.165, 1.54) is 0 Å². The van der Waals surface area contributed by atoms with Crippen molar-refractivity contribution >= 4 is 5.91 Å². The minimum atomic E-state index is 0.214. The summed E-state index contributed by atoms with van der Waals surface area (Å²) in [6.07, 6.45) is 2.32. The van der Waals surface area contributed by atoms with E-state index >= 15 is 0 Å². The fourth-order valence-corrected chi connectivity index (χ4v) is 3.18. The number of carbonyl (C=O) groups excluding carboxylic acids is 1. The summed E-state index contributed by atoms with van der Waals surface area (Å²) in [6, 6.07) is 10.5. The van der Waals surface area contributed by atoms with Crippen molar-refractivity contribution in [3.05, 3.63) is 35.9 Å². The number of hydrogen-bond donors (Lipinski definition) is 0. The largest absolute Gasteiger partial charge is 0.330 e. The lowest BCUT2D eigenvalue weighted by atomic mass is 10.1. The lowest BCUT2D eigenvalue weighted by molar-refractivity contribution is 0.0473. The maximum atomic E-state index is 12.5. The quantitative estimate of drug-likeness (QED) is 0.731. The molecule has 2 aliphatic heterocycles. The predicted octanol–water partition coefficient (Wildman–Crippen LogP) is 1.61. The molecule has 2 atom stereocenters. The summed E-state index contributed by atoms with van der Waals surface area (Å²) in [4.78, 5) is 16.9. The van der Waals surface area contributed by atoms with Crippen LogP contribution >= 0.6 is 0 Å². The van der Waals surface area contributed by atoms with Gasteiger partial charge in [0.05, 0.1) is 0 Å². The molecule has 0 aromatic heterocycles. The molecule has 2 aliphatic rings. The van der Waals surface area contributed by atoms with E-state index in [1.807, 2.05) is 30.3 Å². The predicted molar refractivity (Wildman–Crippen MR) is 66.9 cm³/mol. The van der Waals surface area contributed by atoms with Gasteiger partial charge in [-0.15, -0.1) is 0 Å². The number of rotatable bonds is 1. The maximum absolute atomic E-state index is 12.5. The van der Waals surface area contributed by atoms with Gasteiger partial charge < -0.3 is 9.80 Å². The van der Waals surface area contributed by atoms with Gasteiger partial charge in [0.1, 0.15) is 0 Å². The summed E-state index contributed by atoms with van der Waals surface area (Å²) >= 11 is 0. The molecule has 0 aliphatic carbocycles. The molecule has 3 rings (SSSR count). The number of likely N-dealkylation sites (tertiary alicyclic amines) is 1.